The minimum atomic E-state index is -1.21. The maximum absolute atomic E-state index is 12.9. The first-order chi connectivity index (χ1) is 15.8. The molecule has 0 aliphatic carbocycles. The van der Waals surface area contributed by atoms with Crippen LogP contribution < -0.4 is 11.1 Å². The van der Waals surface area contributed by atoms with Crippen molar-refractivity contribution >= 4 is 63.3 Å². The van der Waals surface area contributed by atoms with Gasteiger partial charge in [0, 0.05) is 22.2 Å². The summed E-state index contributed by atoms with van der Waals surface area (Å²) in [6.45, 7) is 0. The molecule has 11 nitrogen and oxygen atoms in total. The molecule has 2 unspecified atom stereocenters. The number of thioether (sulfide) groups is 1. The smallest absolute Gasteiger partial charge is 0.353 e. The molecule has 2 aliphatic heterocycles. The Balaban J connectivity index is 1.54. The van der Waals surface area contributed by atoms with E-state index in [9.17, 15) is 19.5 Å². The van der Waals surface area contributed by atoms with E-state index in [4.69, 9.17) is 22.2 Å². The molecular formula is C19H17ClN6O5S2. The summed E-state index contributed by atoms with van der Waals surface area (Å²) in [5.74, 6) is -2.47. The average molecular weight is 509 g/mol. The number of carbonyl (C=O) groups is 3. The van der Waals surface area contributed by atoms with Gasteiger partial charge in [0.15, 0.2) is 10.8 Å². The number of amides is 2. The molecule has 4 rings (SSSR count). The molecule has 14 heteroatoms. The molecular weight excluding hydrogens is 492 g/mol. The zero-order valence-electron chi connectivity index (χ0n) is 17.0. The Labute approximate surface area is 200 Å². The number of pyridine rings is 1. The lowest BCUT2D eigenvalue weighted by Crippen LogP contribution is -2.72. The second-order valence-electron chi connectivity index (χ2n) is 6.92. The third-order valence-electron chi connectivity index (χ3n) is 5.00. The van der Waals surface area contributed by atoms with Crippen LogP contribution in [0.2, 0.25) is 4.34 Å². The fraction of sp³-hybridized carbons (Fsp3) is 0.263. The summed E-state index contributed by atoms with van der Waals surface area (Å²) in [6, 6.07) is 2.10. The number of carboxylic acids is 1. The van der Waals surface area contributed by atoms with Crippen LogP contribution in [0.4, 0.5) is 5.13 Å². The van der Waals surface area contributed by atoms with E-state index in [1.54, 1.807) is 24.5 Å². The van der Waals surface area contributed by atoms with Gasteiger partial charge >= 0.3 is 5.97 Å². The van der Waals surface area contributed by atoms with Crippen LogP contribution in [0.5, 0.6) is 0 Å². The molecule has 1 saturated heterocycles. The van der Waals surface area contributed by atoms with E-state index in [0.717, 1.165) is 16.2 Å². The van der Waals surface area contributed by atoms with Gasteiger partial charge in [-0.2, -0.15) is 0 Å². The van der Waals surface area contributed by atoms with E-state index in [1.807, 2.05) is 0 Å². The van der Waals surface area contributed by atoms with Gasteiger partial charge in [-0.1, -0.05) is 39.9 Å². The van der Waals surface area contributed by atoms with Crippen molar-refractivity contribution in [3.8, 4) is 0 Å². The third kappa shape index (κ3) is 4.38. The van der Waals surface area contributed by atoms with Gasteiger partial charge < -0.3 is 21.0 Å². The molecule has 4 N–H and O–H groups in total. The number of nitrogens with one attached hydrogen (secondary N) is 1. The van der Waals surface area contributed by atoms with Crippen molar-refractivity contribution < 1.29 is 24.3 Å². The first kappa shape index (κ1) is 23.0. The van der Waals surface area contributed by atoms with Crippen LogP contribution in [0.3, 0.4) is 0 Å². The molecule has 4 heterocycles. The first-order valence-electron chi connectivity index (χ1n) is 9.53. The Morgan fingerprint density at radius 1 is 1.42 bits per heavy atom. The molecule has 1 fully saturated rings. The SMILES string of the molecule is CO/N=C(\C(=O)NC1C(=O)N2C(C(=O)O)=C(Sc3ccncc3)CCC12)c1nc(N)sc1Cl. The lowest BCUT2D eigenvalue weighted by atomic mass is 9.86. The number of carboxylic acid groups (broad SMARTS) is 1. The number of hydrogen-bond donors (Lipinski definition) is 3. The summed E-state index contributed by atoms with van der Waals surface area (Å²) < 4.78 is 0.145. The number of nitrogens with two attached hydrogens (primary N) is 1. The van der Waals surface area contributed by atoms with Crippen LogP contribution in [0.25, 0.3) is 0 Å². The highest BCUT2D eigenvalue weighted by atomic mass is 35.5. The third-order valence-corrected chi connectivity index (χ3v) is 7.23. The molecule has 0 aromatic carbocycles. The summed E-state index contributed by atoms with van der Waals surface area (Å²) in [7, 11) is 1.25. The number of β-lactam (4-membered cyclic amide) rings is 1. The fourth-order valence-electron chi connectivity index (χ4n) is 3.63. The summed E-state index contributed by atoms with van der Waals surface area (Å²) in [5, 5.41) is 16.2. The number of nitrogens with zero attached hydrogens (tertiary/aromatic N) is 4. The highest BCUT2D eigenvalue weighted by Crippen LogP contribution is 2.43. The largest absolute Gasteiger partial charge is 0.477 e. The highest BCUT2D eigenvalue weighted by Gasteiger charge is 2.53. The van der Waals surface area contributed by atoms with Gasteiger partial charge in [0.1, 0.15) is 28.9 Å². The van der Waals surface area contributed by atoms with Crippen LogP contribution in [-0.4, -0.2) is 62.7 Å². The molecule has 172 valence electrons. The summed E-state index contributed by atoms with van der Waals surface area (Å²) in [5.41, 5.74) is 5.36. The zero-order valence-corrected chi connectivity index (χ0v) is 19.4. The monoisotopic (exact) mass is 508 g/mol. The van der Waals surface area contributed by atoms with E-state index in [2.05, 4.69) is 20.4 Å². The Bertz CT molecular complexity index is 1180. The van der Waals surface area contributed by atoms with Crippen molar-refractivity contribution in [3.63, 3.8) is 0 Å². The van der Waals surface area contributed by atoms with Gasteiger partial charge in [0.05, 0.1) is 6.04 Å². The lowest BCUT2D eigenvalue weighted by Gasteiger charge is -2.50. The minimum absolute atomic E-state index is 0.0351. The number of anilines is 1. The van der Waals surface area contributed by atoms with Crippen LogP contribution in [-0.2, 0) is 19.2 Å². The fourth-order valence-corrected chi connectivity index (χ4v) is 5.61. The maximum atomic E-state index is 12.9. The van der Waals surface area contributed by atoms with Gasteiger partial charge in [-0.3, -0.25) is 19.5 Å². The van der Waals surface area contributed by atoms with E-state index in [1.165, 1.54) is 23.8 Å². The number of nitrogen functional groups attached to an aromatic ring is 1. The lowest BCUT2D eigenvalue weighted by molar-refractivity contribution is -0.155. The van der Waals surface area contributed by atoms with Gasteiger partial charge in [-0.05, 0) is 25.0 Å². The number of aromatic nitrogens is 2. The predicted octanol–water partition coefficient (Wildman–Crippen LogP) is 1.70. The molecule has 0 spiro atoms. The summed E-state index contributed by atoms with van der Waals surface area (Å²) in [4.78, 5) is 53.0. The molecule has 2 aliphatic rings. The van der Waals surface area contributed by atoms with E-state index >= 15 is 0 Å². The molecule has 33 heavy (non-hydrogen) atoms. The molecule has 2 aromatic heterocycles. The molecule has 2 atom stereocenters. The number of fused-ring (bicyclic) bond motifs is 1. The second kappa shape index (κ2) is 9.37. The molecule has 0 radical (unpaired) electrons. The van der Waals surface area contributed by atoms with E-state index in [-0.39, 0.29) is 26.6 Å². The van der Waals surface area contributed by atoms with Crippen LogP contribution in [0.15, 0.2) is 45.2 Å². The highest BCUT2D eigenvalue weighted by molar-refractivity contribution is 8.03. The Morgan fingerprint density at radius 2 is 2.15 bits per heavy atom. The van der Waals surface area contributed by atoms with Gasteiger partial charge in [-0.25, -0.2) is 9.78 Å². The van der Waals surface area contributed by atoms with Crippen molar-refractivity contribution in [2.24, 2.45) is 5.16 Å². The Kier molecular flexibility index (Phi) is 6.54. The maximum Gasteiger partial charge on any atom is 0.353 e. The van der Waals surface area contributed by atoms with Crippen LogP contribution >= 0.6 is 34.7 Å². The average Bonchev–Trinajstić information content (AvgIpc) is 3.13. The minimum Gasteiger partial charge on any atom is -0.477 e. The van der Waals surface area contributed by atoms with Gasteiger partial charge in [-0.15, -0.1) is 0 Å². The second-order valence-corrected chi connectivity index (χ2v) is 9.73. The normalized spacial score (nSPS) is 20.2. The van der Waals surface area contributed by atoms with Crippen LogP contribution in [0, 0.1) is 0 Å². The summed E-state index contributed by atoms with van der Waals surface area (Å²) >= 11 is 8.33. The van der Waals surface area contributed by atoms with Crippen molar-refractivity contribution in [2.75, 3.05) is 12.8 Å². The number of rotatable bonds is 7. The van der Waals surface area contributed by atoms with Gasteiger partial charge in [0.2, 0.25) is 0 Å². The van der Waals surface area contributed by atoms with E-state index in [0.29, 0.717) is 17.7 Å². The number of carbonyl (C=O) groups excluding carboxylic acids is 2. The van der Waals surface area contributed by atoms with Crippen molar-refractivity contribution in [2.45, 2.75) is 29.8 Å². The van der Waals surface area contributed by atoms with Crippen molar-refractivity contribution in [1.82, 2.24) is 20.2 Å². The first-order valence-corrected chi connectivity index (χ1v) is 11.5. The topological polar surface area (TPSA) is 160 Å². The Morgan fingerprint density at radius 3 is 2.76 bits per heavy atom. The molecule has 0 saturated carbocycles. The number of thiazole rings is 1. The molecule has 2 amide bonds. The predicted molar refractivity (Wildman–Crippen MR) is 122 cm³/mol. The molecule has 0 bridgehead atoms. The quantitative estimate of drug-likeness (QED) is 0.287. The number of hydrogen-bond acceptors (Lipinski definition) is 10. The number of aliphatic carboxylic acids is 1. The van der Waals surface area contributed by atoms with Gasteiger partial charge in [0.25, 0.3) is 11.8 Å². The standard InChI is InChI=1S/C19H17ClN6O5S2/c1-31-25-13(12-15(20)33-19(21)24-12)16(27)23-11-9-2-3-10(32-8-4-6-22-7-5-8)14(18(29)30)26(9)17(11)28/h4-7,9,11H,2-3H2,1H3,(H2,21,24)(H,23,27)(H,29,30)/b25-13-. The Hall–Kier alpha value is -3.16. The van der Waals surface area contributed by atoms with Crippen molar-refractivity contribution in [1.29, 1.82) is 0 Å². The zero-order chi connectivity index (χ0) is 23.7. The number of halogens is 1. The summed E-state index contributed by atoms with van der Waals surface area (Å²) in [6.07, 6.45) is 4.12. The van der Waals surface area contributed by atoms with Crippen LogP contribution in [0.1, 0.15) is 18.5 Å². The molecule has 2 aromatic rings. The number of oxime groups is 1. The number of allylic oxidation sites excluding steroid dienone is 1. The van der Waals surface area contributed by atoms with E-state index < -0.39 is 29.9 Å². The van der Waals surface area contributed by atoms with Crippen molar-refractivity contribution in [3.05, 3.63) is 45.2 Å².